The minimum Gasteiger partial charge on any atom is -0.380 e. The molecule has 1 heterocycles. The van der Waals surface area contributed by atoms with Crippen molar-refractivity contribution in [3.63, 3.8) is 0 Å². The fraction of sp³-hybridized carbons (Fsp3) is 0.571. The third kappa shape index (κ3) is 4.66. The number of ether oxygens (including phenoxy) is 1. The molecule has 1 aromatic carbocycles. The van der Waals surface area contributed by atoms with E-state index in [0.29, 0.717) is 31.2 Å². The Kier molecular flexibility index (Phi) is 6.01. The van der Waals surface area contributed by atoms with Crippen molar-refractivity contribution in [3.8, 4) is 0 Å². The van der Waals surface area contributed by atoms with E-state index in [9.17, 15) is 8.42 Å². The van der Waals surface area contributed by atoms with Crippen molar-refractivity contribution in [2.45, 2.75) is 37.2 Å². The van der Waals surface area contributed by atoms with Crippen LogP contribution in [0.5, 0.6) is 0 Å². The number of hydrogen-bond acceptors (Lipinski definition) is 4. The first-order valence-electron chi connectivity index (χ1n) is 7.12. The molecule has 1 unspecified atom stereocenters. The highest BCUT2D eigenvalue weighted by molar-refractivity contribution is 7.89. The van der Waals surface area contributed by atoms with E-state index in [1.54, 1.807) is 12.1 Å². The number of rotatable bonds is 7. The van der Waals surface area contributed by atoms with Gasteiger partial charge < -0.3 is 10.1 Å². The number of hydrogen-bond donors (Lipinski definition) is 2. The van der Waals surface area contributed by atoms with Crippen LogP contribution in [0.15, 0.2) is 23.1 Å². The van der Waals surface area contributed by atoms with Crippen LogP contribution in [0.4, 0.5) is 0 Å². The van der Waals surface area contributed by atoms with Crippen LogP contribution in [0.25, 0.3) is 0 Å². The van der Waals surface area contributed by atoms with E-state index in [4.69, 9.17) is 16.3 Å². The molecule has 7 heteroatoms. The molecule has 2 N–H and O–H groups in total. The van der Waals surface area contributed by atoms with Gasteiger partial charge in [0.15, 0.2) is 0 Å². The van der Waals surface area contributed by atoms with Gasteiger partial charge in [0.05, 0.1) is 11.5 Å². The molecule has 0 radical (unpaired) electrons. The molecule has 1 aliphatic heterocycles. The topological polar surface area (TPSA) is 67.4 Å². The Bertz CT molecular complexity index is 572. The van der Waals surface area contributed by atoms with Crippen LogP contribution in [0.3, 0.4) is 0 Å². The van der Waals surface area contributed by atoms with E-state index in [-0.39, 0.29) is 10.9 Å². The summed E-state index contributed by atoms with van der Waals surface area (Å²) in [6.45, 7) is 4.52. The van der Waals surface area contributed by atoms with Crippen molar-refractivity contribution in [2.75, 3.05) is 19.8 Å². The Balaban J connectivity index is 2.12. The molecule has 0 amide bonds. The van der Waals surface area contributed by atoms with E-state index < -0.39 is 10.0 Å². The summed E-state index contributed by atoms with van der Waals surface area (Å²) in [6, 6.07) is 4.64. The summed E-state index contributed by atoms with van der Waals surface area (Å²) in [5, 5.41) is 3.80. The van der Waals surface area contributed by atoms with Crippen molar-refractivity contribution in [2.24, 2.45) is 0 Å². The second-order valence-corrected chi connectivity index (χ2v) is 7.23. The van der Waals surface area contributed by atoms with Crippen LogP contribution in [-0.2, 0) is 21.3 Å². The van der Waals surface area contributed by atoms with Gasteiger partial charge in [0.2, 0.25) is 10.0 Å². The van der Waals surface area contributed by atoms with Gasteiger partial charge in [-0.3, -0.25) is 0 Å². The molecule has 1 aromatic rings. The second-order valence-electron chi connectivity index (χ2n) is 5.11. The minimum absolute atomic E-state index is 0.146. The number of nitrogens with one attached hydrogen (secondary N) is 2. The van der Waals surface area contributed by atoms with Crippen molar-refractivity contribution in [3.05, 3.63) is 28.8 Å². The van der Waals surface area contributed by atoms with Gasteiger partial charge in [-0.25, -0.2) is 13.1 Å². The lowest BCUT2D eigenvalue weighted by atomic mass is 10.2. The molecular weight excluding hydrogens is 312 g/mol. The normalized spacial score (nSPS) is 19.0. The highest BCUT2D eigenvalue weighted by Gasteiger charge is 2.23. The number of sulfonamides is 1. The molecule has 0 saturated carbocycles. The maximum absolute atomic E-state index is 12.4. The zero-order valence-electron chi connectivity index (χ0n) is 12.1. The van der Waals surface area contributed by atoms with Crippen molar-refractivity contribution in [1.29, 1.82) is 0 Å². The first-order chi connectivity index (χ1) is 10.0. The molecule has 0 aliphatic carbocycles. The summed E-state index contributed by atoms with van der Waals surface area (Å²) in [4.78, 5) is 0.243. The monoisotopic (exact) mass is 332 g/mol. The van der Waals surface area contributed by atoms with Crippen LogP contribution in [0.1, 0.15) is 25.3 Å². The lowest BCUT2D eigenvalue weighted by Crippen LogP contribution is -2.35. The summed E-state index contributed by atoms with van der Waals surface area (Å²) in [6.07, 6.45) is 1.72. The van der Waals surface area contributed by atoms with E-state index in [1.807, 2.05) is 0 Å². The van der Waals surface area contributed by atoms with Gasteiger partial charge in [-0.1, -0.05) is 18.5 Å². The largest absolute Gasteiger partial charge is 0.380 e. The fourth-order valence-corrected chi connectivity index (χ4v) is 3.66. The fourth-order valence-electron chi connectivity index (χ4n) is 2.17. The van der Waals surface area contributed by atoms with Gasteiger partial charge in [0.1, 0.15) is 0 Å². The summed E-state index contributed by atoms with van der Waals surface area (Å²) in [5.74, 6) is 0. The molecule has 0 aromatic heterocycles. The van der Waals surface area contributed by atoms with Gasteiger partial charge in [-0.15, -0.1) is 0 Å². The average molecular weight is 333 g/mol. The quantitative estimate of drug-likeness (QED) is 0.748. The first-order valence-corrected chi connectivity index (χ1v) is 8.98. The number of halogens is 1. The van der Waals surface area contributed by atoms with E-state index in [0.717, 1.165) is 18.5 Å². The SMILES string of the molecule is CCCNCc1cc(S(=O)(=O)NC2CCOC2)ccc1Cl. The van der Waals surface area contributed by atoms with Gasteiger partial charge in [-0.2, -0.15) is 0 Å². The Labute approximate surface area is 131 Å². The molecule has 21 heavy (non-hydrogen) atoms. The molecular formula is C14H21ClN2O3S. The van der Waals surface area contributed by atoms with Crippen molar-refractivity contribution < 1.29 is 13.2 Å². The molecule has 1 saturated heterocycles. The van der Waals surface area contributed by atoms with Crippen LogP contribution in [0.2, 0.25) is 5.02 Å². The Morgan fingerprint density at radius 3 is 2.90 bits per heavy atom. The van der Waals surface area contributed by atoms with Crippen LogP contribution < -0.4 is 10.0 Å². The van der Waals surface area contributed by atoms with Gasteiger partial charge >= 0.3 is 0 Å². The van der Waals surface area contributed by atoms with Crippen LogP contribution in [0, 0.1) is 0 Å². The molecule has 118 valence electrons. The van der Waals surface area contributed by atoms with Gasteiger partial charge in [0.25, 0.3) is 0 Å². The van der Waals surface area contributed by atoms with Crippen molar-refractivity contribution in [1.82, 2.24) is 10.0 Å². The zero-order chi connectivity index (χ0) is 15.3. The second kappa shape index (κ2) is 7.56. The summed E-state index contributed by atoms with van der Waals surface area (Å²) in [7, 11) is -3.53. The lowest BCUT2D eigenvalue weighted by molar-refractivity contribution is 0.192. The molecule has 0 spiro atoms. The predicted molar refractivity (Wildman–Crippen MR) is 83.0 cm³/mol. The van der Waals surface area contributed by atoms with E-state index >= 15 is 0 Å². The van der Waals surface area contributed by atoms with Gasteiger partial charge in [-0.05, 0) is 43.1 Å². The first kappa shape index (κ1) is 16.7. The molecule has 2 rings (SSSR count). The molecule has 5 nitrogen and oxygen atoms in total. The molecule has 0 bridgehead atoms. The molecule has 1 aliphatic rings. The molecule has 1 fully saturated rings. The lowest BCUT2D eigenvalue weighted by Gasteiger charge is -2.13. The molecule has 1 atom stereocenters. The van der Waals surface area contributed by atoms with Crippen LogP contribution >= 0.6 is 11.6 Å². The smallest absolute Gasteiger partial charge is 0.240 e. The number of benzene rings is 1. The third-order valence-corrected chi connectivity index (χ3v) is 5.21. The van der Waals surface area contributed by atoms with Gasteiger partial charge in [0, 0.05) is 24.2 Å². The highest BCUT2D eigenvalue weighted by Crippen LogP contribution is 2.21. The summed E-state index contributed by atoms with van der Waals surface area (Å²) in [5.41, 5.74) is 0.788. The average Bonchev–Trinajstić information content (AvgIpc) is 2.93. The maximum Gasteiger partial charge on any atom is 0.240 e. The van der Waals surface area contributed by atoms with E-state index in [1.165, 1.54) is 6.07 Å². The predicted octanol–water partition coefficient (Wildman–Crippen LogP) is 1.91. The summed E-state index contributed by atoms with van der Waals surface area (Å²) >= 11 is 6.12. The Morgan fingerprint density at radius 1 is 1.43 bits per heavy atom. The standard InChI is InChI=1S/C14H21ClN2O3S/c1-2-6-16-9-11-8-13(3-4-14(11)15)21(18,19)17-12-5-7-20-10-12/h3-4,8,12,16-17H,2,5-7,9-10H2,1H3. The van der Waals surface area contributed by atoms with Crippen molar-refractivity contribution >= 4 is 21.6 Å². The summed E-state index contributed by atoms with van der Waals surface area (Å²) < 4.78 is 32.6. The van der Waals surface area contributed by atoms with Crippen LogP contribution in [-0.4, -0.2) is 34.2 Å². The Morgan fingerprint density at radius 2 is 2.24 bits per heavy atom. The third-order valence-electron chi connectivity index (χ3n) is 3.32. The maximum atomic E-state index is 12.4. The Hall–Kier alpha value is -0.660. The zero-order valence-corrected chi connectivity index (χ0v) is 13.6. The van der Waals surface area contributed by atoms with E-state index in [2.05, 4.69) is 17.0 Å². The minimum atomic E-state index is -3.53. The highest BCUT2D eigenvalue weighted by atomic mass is 35.5.